The third-order valence-electron chi connectivity index (χ3n) is 4.14. The Morgan fingerprint density at radius 3 is 3.05 bits per heavy atom. The highest BCUT2D eigenvalue weighted by Gasteiger charge is 2.18. The molecule has 0 amide bonds. The number of imidazole rings is 1. The van der Waals surface area contributed by atoms with Crippen LogP contribution in [0.15, 0.2) is 18.2 Å². The molecule has 0 saturated carbocycles. The molecule has 1 atom stereocenters. The Balaban J connectivity index is 1.89. The molecule has 3 rings (SSSR count). The van der Waals surface area contributed by atoms with Crippen LogP contribution in [-0.2, 0) is 11.3 Å². The van der Waals surface area contributed by atoms with E-state index in [0.717, 1.165) is 49.3 Å². The average Bonchev–Trinajstić information content (AvgIpc) is 2.81. The molecule has 0 bridgehead atoms. The molecule has 1 N–H and O–H groups in total. The van der Waals surface area contributed by atoms with Crippen LogP contribution in [0.3, 0.4) is 0 Å². The van der Waals surface area contributed by atoms with E-state index in [1.54, 1.807) is 12.1 Å². The summed E-state index contributed by atoms with van der Waals surface area (Å²) in [7, 11) is 0. The molecule has 1 aliphatic rings. The molecule has 1 aliphatic heterocycles. The Labute approximate surface area is 123 Å². The first kappa shape index (κ1) is 14.1. The van der Waals surface area contributed by atoms with Crippen molar-refractivity contribution in [3.8, 4) is 0 Å². The molecule has 2 aromatic rings. The molecule has 1 saturated heterocycles. The number of aromatic carboxylic acids is 1. The van der Waals surface area contributed by atoms with Crippen molar-refractivity contribution in [2.75, 3.05) is 6.61 Å². The number of nitrogens with zero attached hydrogens (tertiary/aromatic N) is 2. The van der Waals surface area contributed by atoms with Crippen molar-refractivity contribution < 1.29 is 14.6 Å². The van der Waals surface area contributed by atoms with Crippen molar-refractivity contribution in [1.82, 2.24) is 9.55 Å². The lowest BCUT2D eigenvalue weighted by Gasteiger charge is -2.23. The predicted octanol–water partition coefficient (Wildman–Crippen LogP) is 3.00. The van der Waals surface area contributed by atoms with Crippen molar-refractivity contribution in [1.29, 1.82) is 0 Å². The SMILES string of the molecule is Cc1nc2cccc(C(=O)O)c2n1CCC1CCCCO1. The lowest BCUT2D eigenvalue weighted by Crippen LogP contribution is -2.21. The van der Waals surface area contributed by atoms with Gasteiger partial charge in [0.25, 0.3) is 0 Å². The number of carboxylic acids is 1. The molecule has 1 aromatic heterocycles. The highest BCUT2D eigenvalue weighted by Crippen LogP contribution is 2.23. The molecule has 1 unspecified atom stereocenters. The second-order valence-corrected chi connectivity index (χ2v) is 5.57. The van der Waals surface area contributed by atoms with Crippen LogP contribution in [0.1, 0.15) is 41.9 Å². The number of hydrogen-bond donors (Lipinski definition) is 1. The van der Waals surface area contributed by atoms with Gasteiger partial charge in [0.1, 0.15) is 5.82 Å². The van der Waals surface area contributed by atoms with Gasteiger partial charge in [-0.1, -0.05) is 6.07 Å². The highest BCUT2D eigenvalue weighted by molar-refractivity contribution is 6.01. The van der Waals surface area contributed by atoms with Crippen molar-refractivity contribution >= 4 is 17.0 Å². The maximum atomic E-state index is 11.4. The Kier molecular flexibility index (Phi) is 3.92. The molecular weight excluding hydrogens is 268 g/mol. The van der Waals surface area contributed by atoms with Crippen LogP contribution in [0.5, 0.6) is 0 Å². The zero-order valence-electron chi connectivity index (χ0n) is 12.2. The Hall–Kier alpha value is -1.88. The molecule has 2 heterocycles. The summed E-state index contributed by atoms with van der Waals surface area (Å²) in [5, 5.41) is 9.37. The highest BCUT2D eigenvalue weighted by atomic mass is 16.5. The fourth-order valence-corrected chi connectivity index (χ4v) is 3.06. The second-order valence-electron chi connectivity index (χ2n) is 5.57. The molecule has 0 aliphatic carbocycles. The number of aromatic nitrogens is 2. The van der Waals surface area contributed by atoms with E-state index in [9.17, 15) is 9.90 Å². The summed E-state index contributed by atoms with van der Waals surface area (Å²) in [6.07, 6.45) is 4.65. The van der Waals surface area contributed by atoms with E-state index >= 15 is 0 Å². The standard InChI is InChI=1S/C16H20N2O3/c1-11-17-14-7-4-6-13(16(19)20)15(14)18(11)9-8-12-5-2-3-10-21-12/h4,6-7,12H,2-3,5,8-10H2,1H3,(H,19,20). The predicted molar refractivity (Wildman–Crippen MR) is 79.6 cm³/mol. The molecular formula is C16H20N2O3. The summed E-state index contributed by atoms with van der Waals surface area (Å²) in [5.41, 5.74) is 1.79. The Morgan fingerprint density at radius 2 is 2.33 bits per heavy atom. The summed E-state index contributed by atoms with van der Waals surface area (Å²) in [5.74, 6) is -0.0508. The molecule has 5 nitrogen and oxygen atoms in total. The zero-order valence-corrected chi connectivity index (χ0v) is 12.2. The lowest BCUT2D eigenvalue weighted by atomic mass is 10.1. The van der Waals surface area contributed by atoms with Crippen molar-refractivity contribution in [2.24, 2.45) is 0 Å². The van der Waals surface area contributed by atoms with Crippen molar-refractivity contribution in [3.63, 3.8) is 0 Å². The van der Waals surface area contributed by atoms with Crippen LogP contribution in [0, 0.1) is 6.92 Å². The molecule has 21 heavy (non-hydrogen) atoms. The number of para-hydroxylation sites is 1. The molecule has 1 fully saturated rings. The summed E-state index contributed by atoms with van der Waals surface area (Å²) in [6, 6.07) is 5.24. The average molecular weight is 288 g/mol. The fourth-order valence-electron chi connectivity index (χ4n) is 3.06. The Morgan fingerprint density at radius 1 is 1.48 bits per heavy atom. The minimum absolute atomic E-state index is 0.285. The van der Waals surface area contributed by atoms with Crippen LogP contribution in [0.2, 0.25) is 0 Å². The van der Waals surface area contributed by atoms with Gasteiger partial charge in [-0.15, -0.1) is 0 Å². The number of rotatable bonds is 4. The van der Waals surface area contributed by atoms with Crippen LogP contribution < -0.4 is 0 Å². The van der Waals surface area contributed by atoms with Gasteiger partial charge >= 0.3 is 5.97 Å². The number of hydrogen-bond acceptors (Lipinski definition) is 3. The van der Waals surface area contributed by atoms with Gasteiger partial charge < -0.3 is 14.4 Å². The maximum absolute atomic E-state index is 11.4. The summed E-state index contributed by atoms with van der Waals surface area (Å²) < 4.78 is 7.77. The van der Waals surface area contributed by atoms with Gasteiger partial charge in [-0.2, -0.15) is 0 Å². The molecule has 1 aromatic carbocycles. The van der Waals surface area contributed by atoms with E-state index in [1.807, 2.05) is 17.6 Å². The lowest BCUT2D eigenvalue weighted by molar-refractivity contribution is 0.00890. The van der Waals surface area contributed by atoms with E-state index in [2.05, 4.69) is 4.98 Å². The van der Waals surface area contributed by atoms with Crippen LogP contribution in [0.4, 0.5) is 0 Å². The first-order valence-electron chi connectivity index (χ1n) is 7.47. The summed E-state index contributed by atoms with van der Waals surface area (Å²) in [4.78, 5) is 15.9. The third-order valence-corrected chi connectivity index (χ3v) is 4.14. The quantitative estimate of drug-likeness (QED) is 0.939. The van der Waals surface area contributed by atoms with E-state index < -0.39 is 5.97 Å². The normalized spacial score (nSPS) is 19.0. The van der Waals surface area contributed by atoms with Crippen molar-refractivity contribution in [2.45, 2.75) is 45.3 Å². The smallest absolute Gasteiger partial charge is 0.337 e. The van der Waals surface area contributed by atoms with Gasteiger partial charge in [0.2, 0.25) is 0 Å². The first-order chi connectivity index (χ1) is 10.2. The number of carboxylic acid groups (broad SMARTS) is 1. The Bertz CT molecular complexity index is 657. The molecule has 5 heteroatoms. The molecule has 0 spiro atoms. The van der Waals surface area contributed by atoms with Crippen LogP contribution >= 0.6 is 0 Å². The van der Waals surface area contributed by atoms with Gasteiger partial charge in [-0.25, -0.2) is 9.78 Å². The van der Waals surface area contributed by atoms with Gasteiger partial charge in [-0.05, 0) is 44.7 Å². The van der Waals surface area contributed by atoms with E-state index in [0.29, 0.717) is 5.56 Å². The number of benzene rings is 1. The third kappa shape index (κ3) is 2.78. The van der Waals surface area contributed by atoms with Crippen molar-refractivity contribution in [3.05, 3.63) is 29.6 Å². The molecule has 0 radical (unpaired) electrons. The zero-order chi connectivity index (χ0) is 14.8. The largest absolute Gasteiger partial charge is 0.478 e. The van der Waals surface area contributed by atoms with Crippen LogP contribution in [0.25, 0.3) is 11.0 Å². The monoisotopic (exact) mass is 288 g/mol. The number of carbonyl (C=O) groups is 1. The topological polar surface area (TPSA) is 64.3 Å². The van der Waals surface area contributed by atoms with Gasteiger partial charge in [0.05, 0.1) is 22.7 Å². The fraction of sp³-hybridized carbons (Fsp3) is 0.500. The molecule has 112 valence electrons. The van der Waals surface area contributed by atoms with Gasteiger partial charge in [0, 0.05) is 13.2 Å². The van der Waals surface area contributed by atoms with E-state index in [4.69, 9.17) is 4.74 Å². The van der Waals surface area contributed by atoms with Crippen LogP contribution in [-0.4, -0.2) is 33.3 Å². The van der Waals surface area contributed by atoms with E-state index in [1.165, 1.54) is 6.42 Å². The van der Waals surface area contributed by atoms with Gasteiger partial charge in [-0.3, -0.25) is 0 Å². The second kappa shape index (κ2) is 5.85. The summed E-state index contributed by atoms with van der Waals surface area (Å²) >= 11 is 0. The maximum Gasteiger partial charge on any atom is 0.337 e. The number of aryl methyl sites for hydroxylation is 2. The first-order valence-corrected chi connectivity index (χ1v) is 7.47. The number of ether oxygens (including phenoxy) is 1. The summed E-state index contributed by atoms with van der Waals surface area (Å²) in [6.45, 7) is 3.51. The van der Waals surface area contributed by atoms with E-state index in [-0.39, 0.29) is 6.10 Å². The minimum atomic E-state index is -0.907. The van der Waals surface area contributed by atoms with Gasteiger partial charge in [0.15, 0.2) is 0 Å². The minimum Gasteiger partial charge on any atom is -0.478 e. The number of fused-ring (bicyclic) bond motifs is 1.